The summed E-state index contributed by atoms with van der Waals surface area (Å²) in [6.45, 7) is 3.64. The first-order valence-corrected chi connectivity index (χ1v) is 10.9. The van der Waals surface area contributed by atoms with Crippen LogP contribution in [-0.2, 0) is 14.3 Å². The Hall–Kier alpha value is -0.750. The van der Waals surface area contributed by atoms with E-state index in [0.717, 1.165) is 49.4 Å². The second-order valence-corrected chi connectivity index (χ2v) is 8.86. The molecule has 1 aliphatic heterocycles. The second kappa shape index (κ2) is 8.51. The molecule has 2 atom stereocenters. The minimum absolute atomic E-state index is 0.417. The van der Waals surface area contributed by atoms with Crippen molar-refractivity contribution >= 4 is 29.3 Å². The first-order chi connectivity index (χ1) is 12.4. The molecule has 1 heterocycles. The fourth-order valence-corrected chi connectivity index (χ4v) is 4.87. The van der Waals surface area contributed by atoms with Crippen molar-refractivity contribution in [2.75, 3.05) is 19.5 Å². The molecular weight excluding hydrogens is 372 g/mol. The van der Waals surface area contributed by atoms with E-state index in [4.69, 9.17) is 21.1 Å². The number of thioether (sulfide) groups is 1. The minimum atomic E-state index is -0.787. The van der Waals surface area contributed by atoms with E-state index in [2.05, 4.69) is 6.92 Å². The Morgan fingerprint density at radius 2 is 2.15 bits per heavy atom. The van der Waals surface area contributed by atoms with Crippen molar-refractivity contribution < 1.29 is 19.4 Å². The van der Waals surface area contributed by atoms with Gasteiger partial charge in [0.2, 0.25) is 0 Å². The van der Waals surface area contributed by atoms with Crippen molar-refractivity contribution in [1.82, 2.24) is 0 Å². The molecule has 2 aliphatic rings. The van der Waals surface area contributed by atoms with Crippen molar-refractivity contribution in [3.05, 3.63) is 28.8 Å². The number of hydrogen-bond donors (Lipinski definition) is 1. The molecule has 1 saturated heterocycles. The molecule has 26 heavy (non-hydrogen) atoms. The molecule has 1 spiro atoms. The Balaban J connectivity index is 1.60. The molecule has 2 unspecified atom stereocenters. The third-order valence-electron chi connectivity index (χ3n) is 5.53. The Kier molecular flexibility index (Phi) is 6.54. The Morgan fingerprint density at radius 3 is 2.77 bits per heavy atom. The molecule has 1 aromatic rings. The fourth-order valence-electron chi connectivity index (χ4n) is 3.99. The molecule has 4 nitrogen and oxygen atoms in total. The lowest BCUT2D eigenvalue weighted by Crippen LogP contribution is -2.41. The second-order valence-electron chi connectivity index (χ2n) is 7.61. The largest absolute Gasteiger partial charge is 0.481 e. The molecule has 1 N–H and O–H groups in total. The predicted molar refractivity (Wildman–Crippen MR) is 104 cm³/mol. The summed E-state index contributed by atoms with van der Waals surface area (Å²) in [4.78, 5) is 12.8. The highest BCUT2D eigenvalue weighted by Crippen LogP contribution is 2.43. The quantitative estimate of drug-likeness (QED) is 0.668. The summed E-state index contributed by atoms with van der Waals surface area (Å²) >= 11 is 7.83. The Morgan fingerprint density at radius 1 is 1.42 bits per heavy atom. The molecule has 0 bridgehead atoms. The van der Waals surface area contributed by atoms with Gasteiger partial charge in [0.15, 0.2) is 5.79 Å². The fraction of sp³-hybridized carbons (Fsp3) is 0.650. The van der Waals surface area contributed by atoms with E-state index in [1.165, 1.54) is 0 Å². The molecule has 144 valence electrons. The third-order valence-corrected chi connectivity index (χ3v) is 6.76. The summed E-state index contributed by atoms with van der Waals surface area (Å²) in [5, 5.41) is 10.3. The highest BCUT2D eigenvalue weighted by atomic mass is 35.5. The van der Waals surface area contributed by atoms with E-state index in [0.29, 0.717) is 23.3 Å². The van der Waals surface area contributed by atoms with Crippen molar-refractivity contribution in [2.45, 2.75) is 55.6 Å². The lowest BCUT2D eigenvalue weighted by atomic mass is 9.89. The smallest absolute Gasteiger partial charge is 0.310 e. The summed E-state index contributed by atoms with van der Waals surface area (Å²) in [5.41, 5.74) is 0.784. The van der Waals surface area contributed by atoms with Crippen LogP contribution in [0.4, 0.5) is 0 Å². The molecule has 1 aliphatic carbocycles. The van der Waals surface area contributed by atoms with Crippen molar-refractivity contribution in [3.63, 3.8) is 0 Å². The van der Waals surface area contributed by atoms with E-state index in [9.17, 15) is 9.90 Å². The lowest BCUT2D eigenvalue weighted by molar-refractivity contribution is -0.278. The predicted octanol–water partition coefficient (Wildman–Crippen LogP) is 5.19. The van der Waals surface area contributed by atoms with Gasteiger partial charge in [-0.1, -0.05) is 24.6 Å². The molecule has 0 aromatic heterocycles. The third kappa shape index (κ3) is 4.56. The number of hydrogen-bond acceptors (Lipinski definition) is 4. The molecule has 1 saturated carbocycles. The van der Waals surface area contributed by atoms with Gasteiger partial charge in [-0.15, -0.1) is 11.8 Å². The van der Waals surface area contributed by atoms with Crippen LogP contribution in [0.25, 0.3) is 0 Å². The first kappa shape index (κ1) is 20.0. The Bertz CT molecular complexity index is 643. The van der Waals surface area contributed by atoms with E-state index in [1.807, 2.05) is 18.4 Å². The van der Waals surface area contributed by atoms with Gasteiger partial charge in [0, 0.05) is 23.7 Å². The van der Waals surface area contributed by atoms with Gasteiger partial charge in [0.1, 0.15) is 0 Å². The number of benzene rings is 1. The monoisotopic (exact) mass is 398 g/mol. The summed E-state index contributed by atoms with van der Waals surface area (Å²) in [5.74, 6) is -0.826. The van der Waals surface area contributed by atoms with Crippen molar-refractivity contribution in [1.29, 1.82) is 0 Å². The lowest BCUT2D eigenvalue weighted by Gasteiger charge is -2.36. The summed E-state index contributed by atoms with van der Waals surface area (Å²) < 4.78 is 12.0. The summed E-state index contributed by atoms with van der Waals surface area (Å²) in [6.07, 6.45) is 6.26. The van der Waals surface area contributed by atoms with Gasteiger partial charge < -0.3 is 14.6 Å². The van der Waals surface area contributed by atoms with Crippen molar-refractivity contribution in [2.24, 2.45) is 11.8 Å². The standard InChI is InChI=1S/C20H27ClO4S/c1-13-11-24-20(25-12-13)8-7-14(10-20)3-5-16(19(22)23)15-4-6-18(26-2)17(21)9-15/h4,6,9,13-14,16H,3,5,7-8,10-12H2,1-2H3,(H,22,23). The van der Waals surface area contributed by atoms with Crippen molar-refractivity contribution in [3.8, 4) is 0 Å². The first-order valence-electron chi connectivity index (χ1n) is 9.26. The number of carboxylic acid groups (broad SMARTS) is 1. The molecule has 0 amide bonds. The normalized spacial score (nSPS) is 29.8. The zero-order chi connectivity index (χ0) is 18.7. The number of carbonyl (C=O) groups is 1. The zero-order valence-electron chi connectivity index (χ0n) is 15.4. The maximum absolute atomic E-state index is 11.8. The van der Waals surface area contributed by atoms with Crippen LogP contribution >= 0.6 is 23.4 Å². The van der Waals surface area contributed by atoms with Gasteiger partial charge in [-0.3, -0.25) is 4.79 Å². The van der Waals surface area contributed by atoms with E-state index < -0.39 is 17.7 Å². The summed E-state index contributed by atoms with van der Waals surface area (Å²) in [7, 11) is 0. The van der Waals surface area contributed by atoms with Gasteiger partial charge in [-0.25, -0.2) is 0 Å². The van der Waals surface area contributed by atoms with E-state index >= 15 is 0 Å². The number of aliphatic carboxylic acids is 1. The maximum Gasteiger partial charge on any atom is 0.310 e. The zero-order valence-corrected chi connectivity index (χ0v) is 16.9. The molecule has 1 aromatic carbocycles. The van der Waals surface area contributed by atoms with Crippen LogP contribution in [0.15, 0.2) is 23.1 Å². The number of carboxylic acids is 1. The number of rotatable bonds is 6. The molecule has 2 fully saturated rings. The van der Waals surface area contributed by atoms with Gasteiger partial charge >= 0.3 is 5.97 Å². The average molecular weight is 399 g/mol. The number of ether oxygens (including phenoxy) is 2. The highest BCUT2D eigenvalue weighted by Gasteiger charge is 2.43. The van der Waals surface area contributed by atoms with Crippen LogP contribution in [0.2, 0.25) is 5.02 Å². The molecule has 3 rings (SSSR count). The van der Waals surface area contributed by atoms with Crippen LogP contribution in [-0.4, -0.2) is 36.3 Å². The molecule has 0 radical (unpaired) electrons. The molecule has 6 heteroatoms. The topological polar surface area (TPSA) is 55.8 Å². The van der Waals surface area contributed by atoms with Gasteiger partial charge in [-0.2, -0.15) is 0 Å². The van der Waals surface area contributed by atoms with Crippen LogP contribution < -0.4 is 0 Å². The van der Waals surface area contributed by atoms with Gasteiger partial charge in [0.05, 0.1) is 24.2 Å². The van der Waals surface area contributed by atoms with Crippen LogP contribution in [0, 0.1) is 11.8 Å². The molecular formula is C20H27ClO4S. The number of halogens is 1. The van der Waals surface area contributed by atoms with Crippen LogP contribution in [0.5, 0.6) is 0 Å². The SMILES string of the molecule is CSc1ccc(C(CCC2CCC3(C2)OCC(C)CO3)C(=O)O)cc1Cl. The average Bonchev–Trinajstić information content (AvgIpc) is 3.01. The van der Waals surface area contributed by atoms with E-state index in [-0.39, 0.29) is 0 Å². The highest BCUT2D eigenvalue weighted by molar-refractivity contribution is 7.98. The summed E-state index contributed by atoms with van der Waals surface area (Å²) in [6, 6.07) is 5.60. The van der Waals surface area contributed by atoms with Gasteiger partial charge in [-0.05, 0) is 49.1 Å². The van der Waals surface area contributed by atoms with E-state index in [1.54, 1.807) is 17.8 Å². The minimum Gasteiger partial charge on any atom is -0.481 e. The van der Waals surface area contributed by atoms with Crippen LogP contribution in [0.3, 0.4) is 0 Å². The maximum atomic E-state index is 11.8. The van der Waals surface area contributed by atoms with Crippen LogP contribution in [0.1, 0.15) is 50.5 Å². The van der Waals surface area contributed by atoms with Gasteiger partial charge in [0.25, 0.3) is 0 Å². The Labute approximate surface area is 164 Å².